The molecule has 0 N–H and O–H groups in total. The molecule has 2 aromatic rings. The molecule has 4 fully saturated rings. The highest BCUT2D eigenvalue weighted by Crippen LogP contribution is 2.40. The minimum absolute atomic E-state index is 0.0253. The fourth-order valence-corrected chi connectivity index (χ4v) is 4.24. The van der Waals surface area contributed by atoms with Crippen LogP contribution in [0.3, 0.4) is 0 Å². The molecule has 3 saturated heterocycles. The van der Waals surface area contributed by atoms with E-state index in [0.29, 0.717) is 11.5 Å². The molecule has 4 heterocycles. The van der Waals surface area contributed by atoms with Crippen LogP contribution in [0.5, 0.6) is 0 Å². The predicted octanol–water partition coefficient (Wildman–Crippen LogP) is 2.53. The molecule has 1 amide bonds. The van der Waals surface area contributed by atoms with Gasteiger partial charge in [0.2, 0.25) is 5.91 Å². The Morgan fingerprint density at radius 1 is 1.15 bits per heavy atom. The van der Waals surface area contributed by atoms with Gasteiger partial charge >= 0.3 is 0 Å². The highest BCUT2D eigenvalue weighted by atomic mass is 19.1. The van der Waals surface area contributed by atoms with Crippen molar-refractivity contribution in [2.45, 2.75) is 43.7 Å². The number of amides is 1. The number of piperazine rings is 1. The number of piperidine rings is 1. The third-order valence-corrected chi connectivity index (χ3v) is 5.77. The molecule has 1 aromatic carbocycles. The highest BCUT2D eigenvalue weighted by Gasteiger charge is 2.47. The van der Waals surface area contributed by atoms with Gasteiger partial charge in [0.25, 0.3) is 0 Å². The summed E-state index contributed by atoms with van der Waals surface area (Å²) >= 11 is 0. The fraction of sp³-hybridized carbons (Fsp3) is 0.450. The first-order chi connectivity index (χ1) is 12.7. The van der Waals surface area contributed by atoms with Crippen LogP contribution >= 0.6 is 0 Å². The summed E-state index contributed by atoms with van der Waals surface area (Å²) in [6, 6.07) is 9.03. The van der Waals surface area contributed by atoms with Crippen molar-refractivity contribution in [3.8, 4) is 0 Å². The second kappa shape index (κ2) is 6.04. The summed E-state index contributed by atoms with van der Waals surface area (Å²) in [5, 5.41) is 0. The molecule has 6 heteroatoms. The molecule has 134 valence electrons. The van der Waals surface area contributed by atoms with Gasteiger partial charge in [-0.15, -0.1) is 0 Å². The number of hydrogen-bond donors (Lipinski definition) is 0. The van der Waals surface area contributed by atoms with Gasteiger partial charge in [-0.25, -0.2) is 14.4 Å². The van der Waals surface area contributed by atoms with E-state index in [4.69, 9.17) is 0 Å². The molecule has 2 atom stereocenters. The SMILES string of the molecule is O=C(Cc1ccccc1F)N1C2CC1CN(c1cc(C3CC3)ncn1)C2. The highest BCUT2D eigenvalue weighted by molar-refractivity contribution is 5.81. The van der Waals surface area contributed by atoms with Crippen LogP contribution in [-0.2, 0) is 11.2 Å². The predicted molar refractivity (Wildman–Crippen MR) is 95.4 cm³/mol. The van der Waals surface area contributed by atoms with Crippen LogP contribution in [-0.4, -0.2) is 45.9 Å². The Morgan fingerprint density at radius 3 is 2.65 bits per heavy atom. The topological polar surface area (TPSA) is 49.3 Å². The number of benzene rings is 1. The second-order valence-electron chi connectivity index (χ2n) is 7.59. The van der Waals surface area contributed by atoms with Crippen LogP contribution in [0.1, 0.15) is 36.4 Å². The summed E-state index contributed by atoms with van der Waals surface area (Å²) in [6.07, 6.45) is 5.27. The number of halogens is 1. The molecule has 5 nitrogen and oxygen atoms in total. The maximum atomic E-state index is 13.8. The van der Waals surface area contributed by atoms with Gasteiger partial charge in [0.05, 0.1) is 18.5 Å². The van der Waals surface area contributed by atoms with Crippen LogP contribution in [0.2, 0.25) is 0 Å². The summed E-state index contributed by atoms with van der Waals surface area (Å²) in [5.41, 5.74) is 1.62. The Kier molecular flexibility index (Phi) is 3.65. The van der Waals surface area contributed by atoms with E-state index >= 15 is 0 Å². The van der Waals surface area contributed by atoms with Crippen molar-refractivity contribution in [2.75, 3.05) is 18.0 Å². The van der Waals surface area contributed by atoms with Crippen molar-refractivity contribution in [2.24, 2.45) is 0 Å². The fourth-order valence-electron chi connectivity index (χ4n) is 4.24. The number of nitrogens with zero attached hydrogens (tertiary/aromatic N) is 4. The average molecular weight is 352 g/mol. The second-order valence-corrected chi connectivity index (χ2v) is 7.59. The van der Waals surface area contributed by atoms with E-state index in [9.17, 15) is 9.18 Å². The molecule has 26 heavy (non-hydrogen) atoms. The quantitative estimate of drug-likeness (QED) is 0.848. The van der Waals surface area contributed by atoms with E-state index in [1.54, 1.807) is 24.5 Å². The first kappa shape index (κ1) is 15.7. The van der Waals surface area contributed by atoms with Gasteiger partial charge in [0, 0.05) is 30.8 Å². The molecular formula is C20H21FN4O. The lowest BCUT2D eigenvalue weighted by molar-refractivity contribution is -0.145. The van der Waals surface area contributed by atoms with Crippen LogP contribution in [0.15, 0.2) is 36.7 Å². The number of fused-ring (bicyclic) bond motifs is 2. The standard InChI is InChI=1S/C20H21FN4O/c21-17-4-2-1-3-14(17)7-20(26)25-15-8-16(25)11-24(10-15)19-9-18(13-5-6-13)22-12-23-19/h1-4,9,12-13,15-16H,5-8,10-11H2. The molecule has 2 bridgehead atoms. The zero-order valence-electron chi connectivity index (χ0n) is 14.5. The number of anilines is 1. The molecular weight excluding hydrogens is 331 g/mol. The molecule has 0 spiro atoms. The molecule has 4 aliphatic rings. The van der Waals surface area contributed by atoms with Crippen LogP contribution in [0.4, 0.5) is 10.2 Å². The van der Waals surface area contributed by atoms with Crippen molar-refractivity contribution in [1.82, 2.24) is 14.9 Å². The van der Waals surface area contributed by atoms with Gasteiger partial charge in [-0.2, -0.15) is 0 Å². The lowest BCUT2D eigenvalue weighted by Gasteiger charge is -2.56. The van der Waals surface area contributed by atoms with E-state index in [1.165, 1.54) is 18.9 Å². The van der Waals surface area contributed by atoms with Gasteiger partial charge in [0.1, 0.15) is 18.0 Å². The summed E-state index contributed by atoms with van der Waals surface area (Å²) < 4.78 is 13.8. The third kappa shape index (κ3) is 2.73. The van der Waals surface area contributed by atoms with Gasteiger partial charge in [-0.05, 0) is 30.9 Å². The van der Waals surface area contributed by atoms with Gasteiger partial charge in [-0.3, -0.25) is 4.79 Å². The van der Waals surface area contributed by atoms with Gasteiger partial charge < -0.3 is 9.80 Å². The lowest BCUT2D eigenvalue weighted by atomic mass is 9.86. The van der Waals surface area contributed by atoms with Crippen molar-refractivity contribution in [3.05, 3.63) is 53.7 Å². The monoisotopic (exact) mass is 352 g/mol. The Bertz CT molecular complexity index is 841. The van der Waals surface area contributed by atoms with Crippen LogP contribution in [0, 0.1) is 5.82 Å². The zero-order chi connectivity index (χ0) is 17.7. The Morgan fingerprint density at radius 2 is 1.92 bits per heavy atom. The summed E-state index contributed by atoms with van der Waals surface area (Å²) in [6.45, 7) is 1.58. The Labute approximate surface area is 151 Å². The number of aromatic nitrogens is 2. The summed E-state index contributed by atoms with van der Waals surface area (Å²) in [4.78, 5) is 25.7. The number of carbonyl (C=O) groups is 1. The van der Waals surface area contributed by atoms with Gasteiger partial charge in [0.15, 0.2) is 0 Å². The van der Waals surface area contributed by atoms with Crippen molar-refractivity contribution < 1.29 is 9.18 Å². The first-order valence-electron chi connectivity index (χ1n) is 9.30. The molecule has 1 saturated carbocycles. The molecule has 0 radical (unpaired) electrons. The molecule has 1 aliphatic carbocycles. The molecule has 3 aliphatic heterocycles. The van der Waals surface area contributed by atoms with E-state index in [-0.39, 0.29) is 30.2 Å². The van der Waals surface area contributed by atoms with E-state index in [2.05, 4.69) is 20.9 Å². The maximum absolute atomic E-state index is 13.8. The smallest absolute Gasteiger partial charge is 0.227 e. The zero-order valence-corrected chi connectivity index (χ0v) is 14.5. The number of rotatable bonds is 4. The normalized spacial score (nSPS) is 24.3. The molecule has 2 unspecified atom stereocenters. The Balaban J connectivity index is 1.26. The maximum Gasteiger partial charge on any atom is 0.227 e. The molecule has 1 aromatic heterocycles. The van der Waals surface area contributed by atoms with Crippen molar-refractivity contribution in [1.29, 1.82) is 0 Å². The Hall–Kier alpha value is -2.50. The summed E-state index contributed by atoms with van der Waals surface area (Å²) in [5.74, 6) is 1.30. The van der Waals surface area contributed by atoms with Gasteiger partial charge in [-0.1, -0.05) is 18.2 Å². The molecule has 6 rings (SSSR count). The van der Waals surface area contributed by atoms with Crippen molar-refractivity contribution in [3.63, 3.8) is 0 Å². The first-order valence-corrected chi connectivity index (χ1v) is 9.30. The van der Waals surface area contributed by atoms with E-state index < -0.39 is 0 Å². The number of carbonyl (C=O) groups excluding carboxylic acids is 1. The van der Waals surface area contributed by atoms with Crippen molar-refractivity contribution >= 4 is 11.7 Å². The largest absolute Gasteiger partial charge is 0.352 e. The van der Waals surface area contributed by atoms with Crippen LogP contribution in [0.25, 0.3) is 0 Å². The number of hydrogen-bond acceptors (Lipinski definition) is 4. The van der Waals surface area contributed by atoms with E-state index in [0.717, 1.165) is 31.0 Å². The average Bonchev–Trinajstić information content (AvgIpc) is 3.49. The minimum Gasteiger partial charge on any atom is -0.352 e. The third-order valence-electron chi connectivity index (χ3n) is 5.77. The van der Waals surface area contributed by atoms with E-state index in [1.807, 2.05) is 4.90 Å². The summed E-state index contributed by atoms with van der Waals surface area (Å²) in [7, 11) is 0. The lowest BCUT2D eigenvalue weighted by Crippen LogP contribution is -2.70. The van der Waals surface area contributed by atoms with Crippen LogP contribution < -0.4 is 4.90 Å². The minimum atomic E-state index is -0.304.